The smallest absolute Gasteiger partial charge is 0.227 e. The summed E-state index contributed by atoms with van der Waals surface area (Å²) in [6.07, 6.45) is 5.16. The van der Waals surface area contributed by atoms with Crippen LogP contribution in [0.2, 0.25) is 0 Å². The van der Waals surface area contributed by atoms with Crippen LogP contribution in [0.25, 0.3) is 0 Å². The number of fused-ring (bicyclic) bond motifs is 2. The number of Topliss-reactive ketones (excluding diaryl/α,β-unsaturated/α-hetero) is 1. The zero-order chi connectivity index (χ0) is 22.9. The Balaban J connectivity index is 1.22. The Morgan fingerprint density at radius 3 is 2.58 bits per heavy atom. The van der Waals surface area contributed by atoms with Gasteiger partial charge in [-0.2, -0.15) is 4.98 Å². The van der Waals surface area contributed by atoms with Crippen molar-refractivity contribution in [2.24, 2.45) is 0 Å². The molecule has 33 heavy (non-hydrogen) atoms. The Kier molecular flexibility index (Phi) is 6.19. The van der Waals surface area contributed by atoms with Crippen LogP contribution in [-0.2, 0) is 9.53 Å². The van der Waals surface area contributed by atoms with Crippen molar-refractivity contribution in [3.63, 3.8) is 0 Å². The van der Waals surface area contributed by atoms with Gasteiger partial charge in [0.25, 0.3) is 0 Å². The summed E-state index contributed by atoms with van der Waals surface area (Å²) in [5.74, 6) is 1.68. The molecule has 3 fully saturated rings. The number of hydrogen-bond acceptors (Lipinski definition) is 7. The van der Waals surface area contributed by atoms with E-state index in [1.807, 2.05) is 29.2 Å². The topological polar surface area (TPSA) is 67.8 Å². The van der Waals surface area contributed by atoms with Crippen molar-refractivity contribution in [3.05, 3.63) is 41.8 Å². The van der Waals surface area contributed by atoms with E-state index < -0.39 is 5.82 Å². The van der Waals surface area contributed by atoms with Gasteiger partial charge in [-0.3, -0.25) is 0 Å². The maximum absolute atomic E-state index is 14.6. The second-order valence-electron chi connectivity index (χ2n) is 9.55. The lowest BCUT2D eigenvalue weighted by atomic mass is 9.96. The quantitative estimate of drug-likeness (QED) is 0.632. The van der Waals surface area contributed by atoms with E-state index in [1.54, 1.807) is 6.92 Å². The van der Waals surface area contributed by atoms with Crippen LogP contribution >= 0.6 is 0 Å². The highest BCUT2D eigenvalue weighted by Crippen LogP contribution is 2.31. The summed E-state index contributed by atoms with van der Waals surface area (Å²) in [6, 6.07) is 7.93. The summed E-state index contributed by atoms with van der Waals surface area (Å²) in [6.45, 7) is 6.44. The molecule has 2 bridgehead atoms. The third kappa shape index (κ3) is 4.95. The van der Waals surface area contributed by atoms with E-state index in [9.17, 15) is 9.18 Å². The molecule has 0 unspecified atom stereocenters. The minimum absolute atomic E-state index is 0.0393. The zero-order valence-electron chi connectivity index (χ0n) is 19.2. The lowest BCUT2D eigenvalue weighted by molar-refractivity contribution is -0.117. The average Bonchev–Trinajstić information content (AvgIpc) is 3.39. The number of carbonyl (C=O) groups excluding carboxylic acids is 1. The summed E-state index contributed by atoms with van der Waals surface area (Å²) in [5, 5.41) is 0. The second kappa shape index (κ2) is 9.25. The van der Waals surface area contributed by atoms with Crippen molar-refractivity contribution in [2.75, 3.05) is 36.0 Å². The maximum Gasteiger partial charge on any atom is 0.227 e. The summed E-state index contributed by atoms with van der Waals surface area (Å²) >= 11 is 0. The van der Waals surface area contributed by atoms with Gasteiger partial charge in [0.2, 0.25) is 5.95 Å². The number of rotatable bonds is 7. The van der Waals surface area contributed by atoms with Gasteiger partial charge in [-0.1, -0.05) is 19.1 Å². The van der Waals surface area contributed by atoms with Crippen molar-refractivity contribution in [1.29, 1.82) is 0 Å². The van der Waals surface area contributed by atoms with Gasteiger partial charge in [0.15, 0.2) is 11.6 Å². The predicted octanol–water partition coefficient (Wildman–Crippen LogP) is 3.72. The number of carbonyl (C=O) groups is 1. The molecule has 3 aliphatic rings. The normalized spacial score (nSPS) is 25.4. The van der Waals surface area contributed by atoms with Crippen molar-refractivity contribution in [2.45, 2.75) is 63.8 Å². The molecule has 1 aromatic carbocycles. The van der Waals surface area contributed by atoms with Crippen LogP contribution in [0.3, 0.4) is 0 Å². The average molecular weight is 455 g/mol. The highest BCUT2D eigenvalue weighted by molar-refractivity contribution is 5.76. The van der Waals surface area contributed by atoms with E-state index in [4.69, 9.17) is 9.47 Å². The molecule has 1 aromatic heterocycles. The first kappa shape index (κ1) is 22.1. The fourth-order valence-electron chi connectivity index (χ4n) is 5.13. The van der Waals surface area contributed by atoms with Crippen LogP contribution in [-0.4, -0.2) is 60.2 Å². The Bertz CT molecular complexity index is 990. The Hall–Kier alpha value is -2.74. The van der Waals surface area contributed by atoms with Gasteiger partial charge >= 0.3 is 0 Å². The van der Waals surface area contributed by atoms with Gasteiger partial charge in [0.1, 0.15) is 17.6 Å². The summed E-state index contributed by atoms with van der Waals surface area (Å²) in [5.41, 5.74) is 1.12. The maximum atomic E-state index is 14.6. The molecule has 176 valence electrons. The molecule has 2 aromatic rings. The molecule has 0 saturated carbocycles. The van der Waals surface area contributed by atoms with Crippen LogP contribution in [0, 0.1) is 5.82 Å². The van der Waals surface area contributed by atoms with E-state index in [0.717, 1.165) is 43.7 Å². The number of anilines is 2. The number of halogens is 1. The number of morpholine rings is 1. The van der Waals surface area contributed by atoms with Gasteiger partial charge in [-0.05, 0) is 43.4 Å². The molecule has 7 nitrogen and oxygen atoms in total. The highest BCUT2D eigenvalue weighted by Gasteiger charge is 2.35. The molecule has 4 heterocycles. The Morgan fingerprint density at radius 2 is 1.88 bits per heavy atom. The van der Waals surface area contributed by atoms with E-state index in [1.165, 1.54) is 6.20 Å². The van der Waals surface area contributed by atoms with Gasteiger partial charge in [0.05, 0.1) is 24.9 Å². The lowest BCUT2D eigenvalue weighted by Gasteiger charge is -2.32. The van der Waals surface area contributed by atoms with Crippen molar-refractivity contribution in [1.82, 2.24) is 9.97 Å². The molecule has 0 spiro atoms. The van der Waals surface area contributed by atoms with Crippen LogP contribution < -0.4 is 14.5 Å². The SMILES string of the molecule is CC(=O)C[C@@H](C)c1ccc(O[C@@H]2CCN(c3nc(N4C[C@@H]5CC[C@@H](C4)O5)ncc3F)C2)cc1. The van der Waals surface area contributed by atoms with Crippen LogP contribution in [0.1, 0.15) is 51.0 Å². The van der Waals surface area contributed by atoms with E-state index in [0.29, 0.717) is 31.3 Å². The van der Waals surface area contributed by atoms with Gasteiger partial charge in [-0.25, -0.2) is 9.37 Å². The number of ketones is 1. The minimum Gasteiger partial charge on any atom is -0.489 e. The van der Waals surface area contributed by atoms with Crippen LogP contribution in [0.4, 0.5) is 16.2 Å². The van der Waals surface area contributed by atoms with Crippen LogP contribution in [0.5, 0.6) is 5.75 Å². The van der Waals surface area contributed by atoms with Gasteiger partial charge in [-0.15, -0.1) is 0 Å². The predicted molar refractivity (Wildman–Crippen MR) is 123 cm³/mol. The number of benzene rings is 1. The Morgan fingerprint density at radius 1 is 1.15 bits per heavy atom. The standard InChI is InChI=1S/C25H31FN4O3/c1-16(11-17(2)31)18-3-5-19(6-4-18)32-22-9-10-29(13-22)24-23(26)12-27-25(28-24)30-14-20-7-8-21(15-30)33-20/h3-6,12,16,20-22H,7-11,13-15H2,1-2H3/t16-,20+,21+,22-/m1/s1. The number of hydrogen-bond donors (Lipinski definition) is 0. The van der Waals surface area contributed by atoms with E-state index in [-0.39, 0.29) is 30.0 Å². The number of ether oxygens (including phenoxy) is 2. The molecule has 0 N–H and O–H groups in total. The van der Waals surface area contributed by atoms with Crippen molar-refractivity contribution < 1.29 is 18.7 Å². The first-order chi connectivity index (χ1) is 15.9. The lowest BCUT2D eigenvalue weighted by Crippen LogP contribution is -2.43. The molecular weight excluding hydrogens is 423 g/mol. The van der Waals surface area contributed by atoms with E-state index in [2.05, 4.69) is 21.8 Å². The molecule has 3 saturated heterocycles. The molecule has 5 rings (SSSR count). The zero-order valence-corrected chi connectivity index (χ0v) is 19.2. The molecular formula is C25H31FN4O3. The van der Waals surface area contributed by atoms with Crippen molar-refractivity contribution in [3.8, 4) is 5.75 Å². The van der Waals surface area contributed by atoms with Crippen molar-refractivity contribution >= 4 is 17.5 Å². The first-order valence-corrected chi connectivity index (χ1v) is 11.9. The van der Waals surface area contributed by atoms with Gasteiger partial charge in [0, 0.05) is 32.5 Å². The molecule has 8 heteroatoms. The first-order valence-electron chi connectivity index (χ1n) is 11.9. The van der Waals surface area contributed by atoms with E-state index >= 15 is 0 Å². The molecule has 0 amide bonds. The molecule has 3 aliphatic heterocycles. The number of nitrogens with zero attached hydrogens (tertiary/aromatic N) is 4. The monoisotopic (exact) mass is 454 g/mol. The van der Waals surface area contributed by atoms with Crippen LogP contribution in [0.15, 0.2) is 30.5 Å². The fraction of sp³-hybridized carbons (Fsp3) is 0.560. The minimum atomic E-state index is -0.403. The Labute approximate surface area is 193 Å². The molecule has 0 radical (unpaired) electrons. The third-order valence-electron chi connectivity index (χ3n) is 6.83. The molecule has 4 atom stereocenters. The van der Waals surface area contributed by atoms with Gasteiger partial charge < -0.3 is 24.1 Å². The fourth-order valence-corrected chi connectivity index (χ4v) is 5.13. The summed E-state index contributed by atoms with van der Waals surface area (Å²) in [4.78, 5) is 24.3. The number of aromatic nitrogens is 2. The largest absolute Gasteiger partial charge is 0.489 e. The second-order valence-corrected chi connectivity index (χ2v) is 9.55. The summed E-state index contributed by atoms with van der Waals surface area (Å²) in [7, 11) is 0. The molecule has 0 aliphatic carbocycles. The summed E-state index contributed by atoms with van der Waals surface area (Å²) < 4.78 is 26.7. The highest BCUT2D eigenvalue weighted by atomic mass is 19.1. The third-order valence-corrected chi connectivity index (χ3v) is 6.83.